The van der Waals surface area contributed by atoms with Crippen LogP contribution in [0, 0.1) is 0 Å². The summed E-state index contributed by atoms with van der Waals surface area (Å²) in [5.41, 5.74) is 1.55. The van der Waals surface area contributed by atoms with Gasteiger partial charge in [-0.2, -0.15) is 4.31 Å². The zero-order valence-corrected chi connectivity index (χ0v) is 20.6. The Bertz CT molecular complexity index is 1130. The lowest BCUT2D eigenvalue weighted by Crippen LogP contribution is -2.30. The normalized spacial score (nSPS) is 12.0. The summed E-state index contributed by atoms with van der Waals surface area (Å²) >= 11 is 1.69. The maximum atomic E-state index is 12.9. The molecule has 174 valence electrons. The Kier molecular flexibility index (Phi) is 8.44. The van der Waals surface area contributed by atoms with Crippen LogP contribution in [0.2, 0.25) is 0 Å². The number of nitrogens with one attached hydrogen (secondary N) is 1. The van der Waals surface area contributed by atoms with Crippen molar-refractivity contribution < 1.29 is 13.2 Å². The number of rotatable bonds is 12. The summed E-state index contributed by atoms with van der Waals surface area (Å²) in [6.07, 6.45) is 2.62. The van der Waals surface area contributed by atoms with Crippen molar-refractivity contribution >= 4 is 38.3 Å². The van der Waals surface area contributed by atoms with Crippen molar-refractivity contribution in [2.75, 3.05) is 19.6 Å². The van der Waals surface area contributed by atoms with E-state index in [4.69, 9.17) is 4.98 Å². The fourth-order valence-corrected chi connectivity index (χ4v) is 5.98. The van der Waals surface area contributed by atoms with E-state index in [0.717, 1.165) is 30.7 Å². The zero-order chi connectivity index (χ0) is 23.1. The third-order valence-corrected chi connectivity index (χ3v) is 8.42. The SMILES string of the molecule is CCCn1c(CCC(=O)NCCc2cccs2)nc2cc(S(=O)(=O)N(CC)CC)ccc21. The van der Waals surface area contributed by atoms with Crippen LogP contribution in [-0.2, 0) is 34.2 Å². The van der Waals surface area contributed by atoms with Crippen molar-refractivity contribution in [1.82, 2.24) is 19.2 Å². The van der Waals surface area contributed by atoms with Gasteiger partial charge >= 0.3 is 0 Å². The number of carbonyl (C=O) groups excluding carboxylic acids is 1. The molecule has 0 spiro atoms. The summed E-state index contributed by atoms with van der Waals surface area (Å²) in [6.45, 7) is 8.00. The largest absolute Gasteiger partial charge is 0.356 e. The first-order valence-corrected chi connectivity index (χ1v) is 13.5. The van der Waals surface area contributed by atoms with E-state index in [-0.39, 0.29) is 10.8 Å². The summed E-state index contributed by atoms with van der Waals surface area (Å²) in [5.74, 6) is 0.814. The predicted molar refractivity (Wildman–Crippen MR) is 129 cm³/mol. The fourth-order valence-electron chi connectivity index (χ4n) is 3.79. The molecule has 0 aliphatic carbocycles. The highest BCUT2D eigenvalue weighted by Crippen LogP contribution is 2.24. The van der Waals surface area contributed by atoms with Gasteiger partial charge < -0.3 is 9.88 Å². The molecule has 9 heteroatoms. The monoisotopic (exact) mass is 476 g/mol. The Labute approximate surface area is 194 Å². The van der Waals surface area contributed by atoms with Gasteiger partial charge in [0.15, 0.2) is 0 Å². The molecule has 1 aromatic carbocycles. The quantitative estimate of drug-likeness (QED) is 0.431. The number of imidazole rings is 1. The van der Waals surface area contributed by atoms with E-state index in [1.807, 2.05) is 31.4 Å². The summed E-state index contributed by atoms with van der Waals surface area (Å²) in [6, 6.07) is 9.22. The van der Waals surface area contributed by atoms with Gasteiger partial charge in [-0.25, -0.2) is 13.4 Å². The highest BCUT2D eigenvalue weighted by atomic mass is 32.2. The molecule has 1 amide bonds. The summed E-state index contributed by atoms with van der Waals surface area (Å²) in [4.78, 5) is 18.5. The van der Waals surface area contributed by atoms with Crippen molar-refractivity contribution in [2.45, 2.75) is 57.9 Å². The van der Waals surface area contributed by atoms with E-state index >= 15 is 0 Å². The molecule has 0 aliphatic heterocycles. The Morgan fingerprint density at radius 1 is 1.16 bits per heavy atom. The van der Waals surface area contributed by atoms with E-state index in [1.165, 1.54) is 9.18 Å². The molecule has 2 aromatic heterocycles. The fraction of sp³-hybridized carbons (Fsp3) is 0.478. The first-order valence-electron chi connectivity index (χ1n) is 11.2. The first-order chi connectivity index (χ1) is 15.4. The predicted octanol–water partition coefficient (Wildman–Crippen LogP) is 3.83. The van der Waals surface area contributed by atoms with Gasteiger partial charge in [-0.1, -0.05) is 26.8 Å². The summed E-state index contributed by atoms with van der Waals surface area (Å²) in [7, 11) is -3.54. The molecule has 0 saturated heterocycles. The van der Waals surface area contributed by atoms with Crippen LogP contribution in [0.4, 0.5) is 0 Å². The average Bonchev–Trinajstić information content (AvgIpc) is 3.41. The number of fused-ring (bicyclic) bond motifs is 1. The van der Waals surface area contributed by atoms with E-state index in [0.29, 0.717) is 38.0 Å². The number of hydrogen-bond donors (Lipinski definition) is 1. The topological polar surface area (TPSA) is 84.3 Å². The lowest BCUT2D eigenvalue weighted by molar-refractivity contribution is -0.121. The van der Waals surface area contributed by atoms with Crippen molar-refractivity contribution in [3.05, 3.63) is 46.4 Å². The molecular formula is C23H32N4O3S2. The van der Waals surface area contributed by atoms with Gasteiger partial charge in [-0.05, 0) is 42.5 Å². The Morgan fingerprint density at radius 3 is 2.59 bits per heavy atom. The molecule has 2 heterocycles. The van der Waals surface area contributed by atoms with Crippen LogP contribution in [-0.4, -0.2) is 47.8 Å². The van der Waals surface area contributed by atoms with Crippen molar-refractivity contribution in [2.24, 2.45) is 0 Å². The number of benzene rings is 1. The number of hydrogen-bond acceptors (Lipinski definition) is 5. The van der Waals surface area contributed by atoms with Crippen LogP contribution in [0.5, 0.6) is 0 Å². The molecule has 0 bridgehead atoms. The van der Waals surface area contributed by atoms with E-state index in [2.05, 4.69) is 22.9 Å². The molecule has 0 saturated carbocycles. The second kappa shape index (κ2) is 11.1. The van der Waals surface area contributed by atoms with Crippen LogP contribution >= 0.6 is 11.3 Å². The number of amides is 1. The van der Waals surface area contributed by atoms with Gasteiger partial charge in [0.1, 0.15) is 5.82 Å². The highest BCUT2D eigenvalue weighted by Gasteiger charge is 2.23. The number of sulfonamides is 1. The lowest BCUT2D eigenvalue weighted by Gasteiger charge is -2.18. The van der Waals surface area contributed by atoms with Gasteiger partial charge in [0.2, 0.25) is 15.9 Å². The minimum absolute atomic E-state index is 0.00135. The second-order valence-electron chi connectivity index (χ2n) is 7.60. The third kappa shape index (κ3) is 5.57. The van der Waals surface area contributed by atoms with Crippen LogP contribution in [0.15, 0.2) is 40.6 Å². The van der Waals surface area contributed by atoms with Crippen LogP contribution < -0.4 is 5.32 Å². The van der Waals surface area contributed by atoms with E-state index < -0.39 is 10.0 Å². The molecule has 0 fully saturated rings. The Balaban J connectivity index is 1.74. The molecule has 0 atom stereocenters. The number of nitrogens with zero attached hydrogens (tertiary/aromatic N) is 3. The number of carbonyl (C=O) groups is 1. The smallest absolute Gasteiger partial charge is 0.243 e. The number of thiophene rings is 1. The maximum Gasteiger partial charge on any atom is 0.243 e. The lowest BCUT2D eigenvalue weighted by atomic mass is 10.2. The van der Waals surface area contributed by atoms with Crippen LogP contribution in [0.3, 0.4) is 0 Å². The molecule has 3 rings (SSSR count). The van der Waals surface area contributed by atoms with Crippen molar-refractivity contribution in [3.63, 3.8) is 0 Å². The van der Waals surface area contributed by atoms with Gasteiger partial charge in [0, 0.05) is 43.9 Å². The molecular weight excluding hydrogens is 444 g/mol. The average molecular weight is 477 g/mol. The van der Waals surface area contributed by atoms with Gasteiger partial charge in [-0.15, -0.1) is 11.3 Å². The van der Waals surface area contributed by atoms with Gasteiger partial charge in [-0.3, -0.25) is 4.79 Å². The zero-order valence-electron chi connectivity index (χ0n) is 19.0. The molecule has 1 N–H and O–H groups in total. The van der Waals surface area contributed by atoms with Crippen molar-refractivity contribution in [3.8, 4) is 0 Å². The minimum Gasteiger partial charge on any atom is -0.356 e. The van der Waals surface area contributed by atoms with E-state index in [9.17, 15) is 13.2 Å². The second-order valence-corrected chi connectivity index (χ2v) is 10.6. The number of aryl methyl sites for hydroxylation is 2. The summed E-state index contributed by atoms with van der Waals surface area (Å²) < 4.78 is 29.3. The molecule has 0 aliphatic rings. The standard InChI is InChI=1S/C23H32N4O3S2/c1-4-15-27-21-10-9-19(32(29,30)26(5-2)6-3)17-20(21)25-22(27)11-12-23(28)24-14-13-18-8-7-16-31-18/h7-10,16-17H,4-6,11-15H2,1-3H3,(H,24,28). The third-order valence-electron chi connectivity index (χ3n) is 5.44. The van der Waals surface area contributed by atoms with Gasteiger partial charge in [0.05, 0.1) is 15.9 Å². The Morgan fingerprint density at radius 2 is 1.94 bits per heavy atom. The van der Waals surface area contributed by atoms with E-state index in [1.54, 1.807) is 23.5 Å². The highest BCUT2D eigenvalue weighted by molar-refractivity contribution is 7.89. The molecule has 3 aromatic rings. The maximum absolute atomic E-state index is 12.9. The summed E-state index contributed by atoms with van der Waals surface area (Å²) in [5, 5.41) is 5.01. The molecule has 32 heavy (non-hydrogen) atoms. The number of aromatic nitrogens is 2. The first kappa shape index (κ1) is 24.4. The Hall–Kier alpha value is -2.23. The molecule has 0 radical (unpaired) electrons. The molecule has 0 unspecified atom stereocenters. The van der Waals surface area contributed by atoms with Crippen LogP contribution in [0.1, 0.15) is 44.3 Å². The molecule has 7 nitrogen and oxygen atoms in total. The van der Waals surface area contributed by atoms with Gasteiger partial charge in [0.25, 0.3) is 0 Å². The van der Waals surface area contributed by atoms with Crippen molar-refractivity contribution in [1.29, 1.82) is 0 Å². The minimum atomic E-state index is -3.54. The van der Waals surface area contributed by atoms with Crippen LogP contribution in [0.25, 0.3) is 11.0 Å².